The SMILES string of the molecule is Cc1ccoc1CN(C)C(=O)C(CCC(=O)O)NC(=O)OCC1c2ccccc2-c2ccccc21. The lowest BCUT2D eigenvalue weighted by Crippen LogP contribution is -2.47. The molecule has 0 fully saturated rings. The number of alkyl carbamates (subject to hydrolysis) is 1. The Morgan fingerprint density at radius 1 is 1.06 bits per heavy atom. The van der Waals surface area contributed by atoms with Crippen LogP contribution in [0.3, 0.4) is 0 Å². The van der Waals surface area contributed by atoms with Crippen molar-refractivity contribution in [3.05, 3.63) is 83.3 Å². The molecule has 2 aromatic carbocycles. The van der Waals surface area contributed by atoms with Gasteiger partial charge in [0.1, 0.15) is 18.4 Å². The predicted molar refractivity (Wildman–Crippen MR) is 129 cm³/mol. The summed E-state index contributed by atoms with van der Waals surface area (Å²) >= 11 is 0. The molecule has 8 heteroatoms. The Balaban J connectivity index is 1.42. The van der Waals surface area contributed by atoms with E-state index < -0.39 is 24.0 Å². The Morgan fingerprint density at radius 2 is 1.69 bits per heavy atom. The molecule has 1 atom stereocenters. The lowest BCUT2D eigenvalue weighted by Gasteiger charge is -2.24. The number of furan rings is 1. The molecule has 1 aliphatic carbocycles. The van der Waals surface area contributed by atoms with Gasteiger partial charge in [-0.2, -0.15) is 0 Å². The van der Waals surface area contributed by atoms with E-state index in [1.165, 1.54) is 4.90 Å². The summed E-state index contributed by atoms with van der Waals surface area (Å²) < 4.78 is 10.9. The first kappa shape index (κ1) is 24.1. The van der Waals surface area contributed by atoms with E-state index in [2.05, 4.69) is 5.32 Å². The zero-order valence-corrected chi connectivity index (χ0v) is 19.7. The largest absolute Gasteiger partial charge is 0.481 e. The second kappa shape index (κ2) is 10.5. The van der Waals surface area contributed by atoms with Gasteiger partial charge in [0.05, 0.1) is 12.8 Å². The first-order valence-corrected chi connectivity index (χ1v) is 11.5. The molecule has 2 amide bonds. The molecule has 1 aromatic heterocycles. The van der Waals surface area contributed by atoms with Crippen molar-refractivity contribution in [2.45, 2.75) is 38.3 Å². The molecule has 8 nitrogen and oxygen atoms in total. The van der Waals surface area contributed by atoms with Gasteiger partial charge in [-0.1, -0.05) is 48.5 Å². The van der Waals surface area contributed by atoms with E-state index in [0.717, 1.165) is 27.8 Å². The molecule has 0 spiro atoms. The number of likely N-dealkylation sites (N-methyl/N-ethyl adjacent to an activating group) is 1. The molecule has 0 saturated carbocycles. The number of nitrogens with zero attached hydrogens (tertiary/aromatic N) is 1. The van der Waals surface area contributed by atoms with Gasteiger partial charge in [-0.15, -0.1) is 0 Å². The fourth-order valence-corrected chi connectivity index (χ4v) is 4.43. The lowest BCUT2D eigenvalue weighted by atomic mass is 9.98. The highest BCUT2D eigenvalue weighted by molar-refractivity contribution is 5.86. The summed E-state index contributed by atoms with van der Waals surface area (Å²) in [6.07, 6.45) is 0.450. The van der Waals surface area contributed by atoms with Gasteiger partial charge in [0.25, 0.3) is 0 Å². The Morgan fingerprint density at radius 3 is 2.26 bits per heavy atom. The second-order valence-electron chi connectivity index (χ2n) is 8.68. The number of benzene rings is 2. The summed E-state index contributed by atoms with van der Waals surface area (Å²) in [6.45, 7) is 2.17. The van der Waals surface area contributed by atoms with E-state index in [1.807, 2.05) is 55.5 Å². The van der Waals surface area contributed by atoms with Gasteiger partial charge in [-0.25, -0.2) is 4.79 Å². The summed E-state index contributed by atoms with van der Waals surface area (Å²) in [5.74, 6) is -0.970. The van der Waals surface area contributed by atoms with Crippen molar-refractivity contribution < 1.29 is 28.6 Å². The molecule has 35 heavy (non-hydrogen) atoms. The normalized spacial score (nSPS) is 13.0. The number of carbonyl (C=O) groups excluding carboxylic acids is 2. The minimum Gasteiger partial charge on any atom is -0.481 e. The molecule has 182 valence electrons. The molecule has 4 rings (SSSR count). The fraction of sp³-hybridized carbons (Fsp3) is 0.296. The smallest absolute Gasteiger partial charge is 0.407 e. The zero-order valence-electron chi connectivity index (χ0n) is 19.7. The number of fused-ring (bicyclic) bond motifs is 3. The van der Waals surface area contributed by atoms with Crippen LogP contribution in [0.2, 0.25) is 0 Å². The van der Waals surface area contributed by atoms with Gasteiger partial charge in [-0.3, -0.25) is 9.59 Å². The van der Waals surface area contributed by atoms with Crippen LogP contribution in [0, 0.1) is 6.92 Å². The average Bonchev–Trinajstić information content (AvgIpc) is 3.40. The highest BCUT2D eigenvalue weighted by Crippen LogP contribution is 2.44. The highest BCUT2D eigenvalue weighted by Gasteiger charge is 2.30. The minimum atomic E-state index is -1.05. The number of amides is 2. The van der Waals surface area contributed by atoms with Crippen molar-refractivity contribution in [3.63, 3.8) is 0 Å². The third-order valence-corrected chi connectivity index (χ3v) is 6.31. The van der Waals surface area contributed by atoms with Crippen LogP contribution in [-0.2, 0) is 20.9 Å². The van der Waals surface area contributed by atoms with Crippen LogP contribution < -0.4 is 5.32 Å². The summed E-state index contributed by atoms with van der Waals surface area (Å²) in [5.41, 5.74) is 5.28. The van der Waals surface area contributed by atoms with E-state index in [1.54, 1.807) is 19.4 Å². The highest BCUT2D eigenvalue weighted by atomic mass is 16.5. The Bertz CT molecular complexity index is 1190. The van der Waals surface area contributed by atoms with Gasteiger partial charge in [-0.05, 0) is 47.2 Å². The van der Waals surface area contributed by atoms with E-state index in [4.69, 9.17) is 14.3 Å². The number of aryl methyl sites for hydroxylation is 1. The van der Waals surface area contributed by atoms with Gasteiger partial charge in [0, 0.05) is 19.4 Å². The molecule has 3 aromatic rings. The number of carboxylic acid groups (broad SMARTS) is 1. The molecule has 2 N–H and O–H groups in total. The monoisotopic (exact) mass is 476 g/mol. The Kier molecular flexibility index (Phi) is 7.19. The first-order valence-electron chi connectivity index (χ1n) is 11.5. The summed E-state index contributed by atoms with van der Waals surface area (Å²) in [7, 11) is 1.58. The molecule has 0 bridgehead atoms. The molecule has 0 saturated heterocycles. The number of hydrogen-bond acceptors (Lipinski definition) is 5. The van der Waals surface area contributed by atoms with Crippen LogP contribution in [0.1, 0.15) is 41.2 Å². The summed E-state index contributed by atoms with van der Waals surface area (Å²) in [5, 5.41) is 11.7. The zero-order chi connectivity index (χ0) is 24.9. The van der Waals surface area contributed by atoms with Gasteiger partial charge >= 0.3 is 12.1 Å². The number of hydrogen-bond donors (Lipinski definition) is 2. The number of rotatable bonds is 9. The number of aliphatic carboxylic acids is 1. The van der Waals surface area contributed by atoms with Gasteiger partial charge in [0.15, 0.2) is 0 Å². The average molecular weight is 477 g/mol. The Labute approximate surface area is 203 Å². The van der Waals surface area contributed by atoms with Crippen molar-refractivity contribution in [2.24, 2.45) is 0 Å². The summed E-state index contributed by atoms with van der Waals surface area (Å²) in [6, 6.07) is 16.8. The minimum absolute atomic E-state index is 0.0557. The molecule has 1 unspecified atom stereocenters. The standard InChI is InChI=1S/C27H28N2O6/c1-17-13-14-34-24(17)15-29(2)26(32)23(11-12-25(30)31)28-27(33)35-16-22-20-9-5-3-7-18(20)19-8-4-6-10-21(19)22/h3-10,13-14,22-23H,11-12,15-16H2,1-2H3,(H,28,33)(H,30,31). The third-order valence-electron chi connectivity index (χ3n) is 6.31. The molecule has 1 aliphatic rings. The van der Waals surface area contributed by atoms with Crippen molar-refractivity contribution in [1.82, 2.24) is 10.2 Å². The van der Waals surface area contributed by atoms with E-state index in [9.17, 15) is 14.4 Å². The molecule has 1 heterocycles. The van der Waals surface area contributed by atoms with Crippen LogP contribution in [0.4, 0.5) is 4.79 Å². The van der Waals surface area contributed by atoms with Crippen LogP contribution >= 0.6 is 0 Å². The van der Waals surface area contributed by atoms with Crippen LogP contribution in [0.25, 0.3) is 11.1 Å². The first-order chi connectivity index (χ1) is 16.8. The maximum absolute atomic E-state index is 13.0. The second-order valence-corrected chi connectivity index (χ2v) is 8.68. The van der Waals surface area contributed by atoms with Crippen LogP contribution in [0.15, 0.2) is 65.3 Å². The van der Waals surface area contributed by atoms with E-state index in [-0.39, 0.29) is 31.9 Å². The quantitative estimate of drug-likeness (QED) is 0.476. The maximum atomic E-state index is 13.0. The van der Waals surface area contributed by atoms with E-state index in [0.29, 0.717) is 5.76 Å². The molecule has 0 radical (unpaired) electrons. The number of carboxylic acids is 1. The van der Waals surface area contributed by atoms with Crippen molar-refractivity contribution in [1.29, 1.82) is 0 Å². The van der Waals surface area contributed by atoms with Gasteiger partial charge in [0.2, 0.25) is 5.91 Å². The topological polar surface area (TPSA) is 109 Å². The maximum Gasteiger partial charge on any atom is 0.407 e. The molecular weight excluding hydrogens is 448 g/mol. The molecule has 0 aliphatic heterocycles. The fourth-order valence-electron chi connectivity index (χ4n) is 4.43. The van der Waals surface area contributed by atoms with E-state index >= 15 is 0 Å². The van der Waals surface area contributed by atoms with Crippen LogP contribution in [0.5, 0.6) is 0 Å². The lowest BCUT2D eigenvalue weighted by molar-refractivity contribution is -0.138. The number of ether oxygens (including phenoxy) is 1. The summed E-state index contributed by atoms with van der Waals surface area (Å²) in [4.78, 5) is 38.3. The number of carbonyl (C=O) groups is 3. The van der Waals surface area contributed by atoms with Crippen molar-refractivity contribution in [2.75, 3.05) is 13.7 Å². The van der Waals surface area contributed by atoms with Gasteiger partial charge < -0.3 is 24.5 Å². The van der Waals surface area contributed by atoms with Crippen molar-refractivity contribution in [3.8, 4) is 11.1 Å². The van der Waals surface area contributed by atoms with Crippen molar-refractivity contribution >= 4 is 18.0 Å². The molecular formula is C27H28N2O6. The van der Waals surface area contributed by atoms with Crippen LogP contribution in [-0.4, -0.2) is 47.7 Å². The Hall–Kier alpha value is -4.07. The predicted octanol–water partition coefficient (Wildman–Crippen LogP) is 4.32. The third kappa shape index (κ3) is 5.37. The number of nitrogens with one attached hydrogen (secondary N) is 1.